The Balaban J connectivity index is 2.36. The van der Waals surface area contributed by atoms with Gasteiger partial charge in [0.15, 0.2) is 0 Å². The van der Waals surface area contributed by atoms with Crippen LogP contribution in [0.4, 0.5) is 26.3 Å². The molecule has 0 aliphatic heterocycles. The molecule has 2 rings (SSSR count). The number of hydrogen-bond donors (Lipinski definition) is 1. The second-order valence-corrected chi connectivity index (χ2v) is 4.86. The Morgan fingerprint density at radius 2 is 1.52 bits per heavy atom. The van der Waals surface area contributed by atoms with Crippen molar-refractivity contribution in [1.82, 2.24) is 15.0 Å². The highest BCUT2D eigenvalue weighted by Crippen LogP contribution is 2.36. The van der Waals surface area contributed by atoms with Crippen molar-refractivity contribution in [2.45, 2.75) is 25.3 Å². The summed E-state index contributed by atoms with van der Waals surface area (Å²) in [6.07, 6.45) is -7.90. The Kier molecular flexibility index (Phi) is 4.64. The van der Waals surface area contributed by atoms with Gasteiger partial charge in [-0.2, -0.15) is 26.3 Å². The van der Waals surface area contributed by atoms with Crippen LogP contribution in [-0.2, 0) is 25.3 Å². The first-order chi connectivity index (χ1) is 10.6. The highest BCUT2D eigenvalue weighted by Gasteiger charge is 2.36. The molecule has 1 aromatic heterocycles. The van der Waals surface area contributed by atoms with Gasteiger partial charge in [-0.25, -0.2) is 4.68 Å². The van der Waals surface area contributed by atoms with Gasteiger partial charge in [0.2, 0.25) is 0 Å². The van der Waals surface area contributed by atoms with Gasteiger partial charge in [-0.1, -0.05) is 5.21 Å². The maximum Gasteiger partial charge on any atom is 0.416 e. The third kappa shape index (κ3) is 4.44. The molecule has 0 aliphatic rings. The minimum absolute atomic E-state index is 0.0880. The van der Waals surface area contributed by atoms with Gasteiger partial charge in [-0.15, -0.1) is 5.10 Å². The van der Waals surface area contributed by atoms with E-state index in [0.717, 1.165) is 0 Å². The zero-order valence-electron chi connectivity index (χ0n) is 11.6. The molecule has 0 atom stereocenters. The van der Waals surface area contributed by atoms with E-state index in [1.165, 1.54) is 10.9 Å². The number of alkyl halides is 6. The fourth-order valence-corrected chi connectivity index (χ4v) is 1.98. The highest BCUT2D eigenvalue weighted by molar-refractivity contribution is 5.33. The number of hydrogen-bond acceptors (Lipinski definition) is 3. The SMILES string of the molecule is NCCc1cn(Cc2cc(C(F)(F)F)cc(C(F)(F)F)c2)nn1. The molecule has 0 saturated carbocycles. The van der Waals surface area contributed by atoms with E-state index in [9.17, 15) is 26.3 Å². The molecule has 0 radical (unpaired) electrons. The normalized spacial score (nSPS) is 12.7. The lowest BCUT2D eigenvalue weighted by Crippen LogP contribution is -2.13. The summed E-state index contributed by atoms with van der Waals surface area (Å²) in [5, 5.41) is 7.40. The van der Waals surface area contributed by atoms with Crippen LogP contribution in [0.1, 0.15) is 22.4 Å². The van der Waals surface area contributed by atoms with Crippen molar-refractivity contribution < 1.29 is 26.3 Å². The topological polar surface area (TPSA) is 56.7 Å². The van der Waals surface area contributed by atoms with Gasteiger partial charge in [-0.3, -0.25) is 0 Å². The van der Waals surface area contributed by atoms with Crippen LogP contribution in [0, 0.1) is 0 Å². The molecule has 0 unspecified atom stereocenters. The fraction of sp³-hybridized carbons (Fsp3) is 0.385. The molecule has 2 aromatic rings. The van der Waals surface area contributed by atoms with Gasteiger partial charge >= 0.3 is 12.4 Å². The van der Waals surface area contributed by atoms with Gasteiger partial charge in [-0.05, 0) is 30.3 Å². The lowest BCUT2D eigenvalue weighted by atomic mass is 10.0. The van der Waals surface area contributed by atoms with Crippen LogP contribution in [0.3, 0.4) is 0 Å². The number of aromatic nitrogens is 3. The van der Waals surface area contributed by atoms with Crippen LogP contribution in [0.25, 0.3) is 0 Å². The van der Waals surface area contributed by atoms with Gasteiger partial charge < -0.3 is 5.73 Å². The second kappa shape index (κ2) is 6.19. The molecule has 126 valence electrons. The van der Waals surface area contributed by atoms with Gasteiger partial charge in [0, 0.05) is 12.6 Å². The lowest BCUT2D eigenvalue weighted by molar-refractivity contribution is -0.143. The molecule has 23 heavy (non-hydrogen) atoms. The molecule has 10 heteroatoms. The predicted molar refractivity (Wildman–Crippen MR) is 68.3 cm³/mol. The van der Waals surface area contributed by atoms with Gasteiger partial charge in [0.1, 0.15) is 0 Å². The van der Waals surface area contributed by atoms with Crippen molar-refractivity contribution in [1.29, 1.82) is 0 Å². The van der Waals surface area contributed by atoms with E-state index in [4.69, 9.17) is 5.73 Å². The molecule has 0 amide bonds. The van der Waals surface area contributed by atoms with Crippen molar-refractivity contribution in [3.05, 3.63) is 46.8 Å². The molecular formula is C13H12F6N4. The lowest BCUT2D eigenvalue weighted by Gasteiger charge is -2.14. The number of nitrogens with two attached hydrogens (primary N) is 1. The Morgan fingerprint density at radius 3 is 2.00 bits per heavy atom. The van der Waals surface area contributed by atoms with Gasteiger partial charge in [0.25, 0.3) is 0 Å². The van der Waals surface area contributed by atoms with E-state index in [-0.39, 0.29) is 18.2 Å². The molecule has 0 saturated heterocycles. The van der Waals surface area contributed by atoms with E-state index >= 15 is 0 Å². The maximum absolute atomic E-state index is 12.8. The highest BCUT2D eigenvalue weighted by atomic mass is 19.4. The first kappa shape index (κ1) is 17.3. The average Bonchev–Trinajstić information content (AvgIpc) is 2.84. The van der Waals surface area contributed by atoms with Crippen molar-refractivity contribution in [3.8, 4) is 0 Å². The van der Waals surface area contributed by atoms with Crippen molar-refractivity contribution in [3.63, 3.8) is 0 Å². The third-order valence-electron chi connectivity index (χ3n) is 2.98. The smallest absolute Gasteiger partial charge is 0.330 e. The summed E-state index contributed by atoms with van der Waals surface area (Å²) in [6.45, 7) is 0.0467. The predicted octanol–water partition coefficient (Wildman–Crippen LogP) is 2.87. The van der Waals surface area contributed by atoms with E-state index < -0.39 is 23.5 Å². The first-order valence-corrected chi connectivity index (χ1v) is 6.47. The third-order valence-corrected chi connectivity index (χ3v) is 2.98. The number of benzene rings is 1. The minimum atomic E-state index is -4.87. The Hall–Kier alpha value is -2.10. The largest absolute Gasteiger partial charge is 0.416 e. The molecule has 0 fully saturated rings. The second-order valence-electron chi connectivity index (χ2n) is 4.86. The molecule has 0 bridgehead atoms. The fourth-order valence-electron chi connectivity index (χ4n) is 1.98. The summed E-state index contributed by atoms with van der Waals surface area (Å²) >= 11 is 0. The summed E-state index contributed by atoms with van der Waals surface area (Å²) in [5.41, 5.74) is 2.96. The van der Waals surface area contributed by atoms with Crippen LogP contribution < -0.4 is 5.73 Å². The molecular weight excluding hydrogens is 326 g/mol. The molecule has 0 spiro atoms. The zero-order valence-corrected chi connectivity index (χ0v) is 11.6. The van der Waals surface area contributed by atoms with Crippen LogP contribution in [0.5, 0.6) is 0 Å². The Labute approximate surface area is 126 Å². The van der Waals surface area contributed by atoms with Crippen molar-refractivity contribution in [2.24, 2.45) is 5.73 Å². The number of halogens is 6. The van der Waals surface area contributed by atoms with Crippen LogP contribution >= 0.6 is 0 Å². The summed E-state index contributed by atoms with van der Waals surface area (Å²) in [4.78, 5) is 0. The van der Waals surface area contributed by atoms with E-state index in [1.54, 1.807) is 0 Å². The van der Waals surface area contributed by atoms with E-state index in [1.807, 2.05) is 0 Å². The van der Waals surface area contributed by atoms with Crippen molar-refractivity contribution >= 4 is 0 Å². The average molecular weight is 338 g/mol. The molecule has 0 aliphatic carbocycles. The summed E-state index contributed by atoms with van der Waals surface area (Å²) in [6, 6.07) is 1.42. The monoisotopic (exact) mass is 338 g/mol. The summed E-state index contributed by atoms with van der Waals surface area (Å²) < 4.78 is 77.7. The van der Waals surface area contributed by atoms with Crippen LogP contribution in [-0.4, -0.2) is 21.5 Å². The number of nitrogens with zero attached hydrogens (tertiary/aromatic N) is 3. The Morgan fingerprint density at radius 1 is 0.957 bits per heavy atom. The number of rotatable bonds is 4. The van der Waals surface area contributed by atoms with Crippen molar-refractivity contribution in [2.75, 3.05) is 6.54 Å². The van der Waals surface area contributed by atoms with Crippen LogP contribution in [0.15, 0.2) is 24.4 Å². The summed E-state index contributed by atoms with van der Waals surface area (Å²) in [5.74, 6) is 0. The standard InChI is InChI=1S/C13H12F6N4/c14-12(15,16)9-3-8(4-10(5-9)13(17,18)19)6-23-7-11(1-2-20)21-22-23/h3-5,7H,1-2,6,20H2. The quantitative estimate of drug-likeness (QED) is 0.872. The Bertz CT molecular complexity index is 642. The molecule has 2 N–H and O–H groups in total. The van der Waals surface area contributed by atoms with E-state index in [2.05, 4.69) is 10.3 Å². The van der Waals surface area contributed by atoms with Gasteiger partial charge in [0.05, 0.1) is 23.4 Å². The van der Waals surface area contributed by atoms with E-state index in [0.29, 0.717) is 30.8 Å². The first-order valence-electron chi connectivity index (χ1n) is 6.47. The maximum atomic E-state index is 12.8. The zero-order chi connectivity index (χ0) is 17.3. The minimum Gasteiger partial charge on any atom is -0.330 e. The molecule has 1 aromatic carbocycles. The molecule has 1 heterocycles. The summed E-state index contributed by atoms with van der Waals surface area (Å²) in [7, 11) is 0. The molecule has 4 nitrogen and oxygen atoms in total. The van der Waals surface area contributed by atoms with Crippen LogP contribution in [0.2, 0.25) is 0 Å².